The summed E-state index contributed by atoms with van der Waals surface area (Å²) in [5, 5.41) is 12.2. The Bertz CT molecular complexity index is 219. The van der Waals surface area contributed by atoms with E-state index in [0.29, 0.717) is 12.3 Å². The molecule has 4 nitrogen and oxygen atoms in total. The first-order valence-corrected chi connectivity index (χ1v) is 4.37. The van der Waals surface area contributed by atoms with E-state index < -0.39 is 11.5 Å². The average Bonchev–Trinajstić information content (AvgIpc) is 2.54. The van der Waals surface area contributed by atoms with Gasteiger partial charge in [0.1, 0.15) is 5.54 Å². The van der Waals surface area contributed by atoms with Gasteiger partial charge in [0.2, 0.25) is 0 Å². The Morgan fingerprint density at radius 2 is 2.33 bits per heavy atom. The zero-order chi connectivity index (χ0) is 8.77. The third-order valence-electron chi connectivity index (χ3n) is 3.33. The maximum Gasteiger partial charge on any atom is 0.324 e. The predicted molar refractivity (Wildman–Crippen MR) is 43.6 cm³/mol. The van der Waals surface area contributed by atoms with E-state index in [0.717, 1.165) is 19.5 Å². The Labute approximate surface area is 71.1 Å². The highest BCUT2D eigenvalue weighted by Gasteiger charge is 2.52. The van der Waals surface area contributed by atoms with Crippen molar-refractivity contribution in [2.45, 2.75) is 18.4 Å². The van der Waals surface area contributed by atoms with Gasteiger partial charge >= 0.3 is 5.97 Å². The number of fused-ring (bicyclic) bond motifs is 1. The second kappa shape index (κ2) is 2.44. The first kappa shape index (κ1) is 8.01. The van der Waals surface area contributed by atoms with Crippen molar-refractivity contribution in [1.82, 2.24) is 5.32 Å². The molecule has 0 radical (unpaired) electrons. The molecule has 0 spiro atoms. The van der Waals surface area contributed by atoms with Gasteiger partial charge in [0.15, 0.2) is 0 Å². The number of carboxylic acid groups (broad SMARTS) is 1. The van der Waals surface area contributed by atoms with E-state index in [4.69, 9.17) is 10.8 Å². The summed E-state index contributed by atoms with van der Waals surface area (Å²) < 4.78 is 0. The topological polar surface area (TPSA) is 75.4 Å². The molecule has 0 amide bonds. The van der Waals surface area contributed by atoms with Crippen LogP contribution in [0.1, 0.15) is 12.8 Å². The van der Waals surface area contributed by atoms with E-state index in [1.54, 1.807) is 0 Å². The van der Waals surface area contributed by atoms with Gasteiger partial charge in [-0.2, -0.15) is 0 Å². The minimum Gasteiger partial charge on any atom is -0.480 e. The van der Waals surface area contributed by atoms with Gasteiger partial charge in [-0.1, -0.05) is 0 Å². The van der Waals surface area contributed by atoms with Crippen LogP contribution in [0, 0.1) is 11.8 Å². The van der Waals surface area contributed by atoms with Crippen LogP contribution < -0.4 is 11.1 Å². The van der Waals surface area contributed by atoms with E-state index >= 15 is 0 Å². The van der Waals surface area contributed by atoms with Crippen LogP contribution in [0.5, 0.6) is 0 Å². The quantitative estimate of drug-likeness (QED) is 0.491. The van der Waals surface area contributed by atoms with Gasteiger partial charge in [0, 0.05) is 12.5 Å². The molecule has 1 saturated heterocycles. The highest BCUT2D eigenvalue weighted by atomic mass is 16.4. The van der Waals surface area contributed by atoms with Crippen molar-refractivity contribution >= 4 is 5.97 Å². The van der Waals surface area contributed by atoms with Crippen molar-refractivity contribution in [2.75, 3.05) is 13.1 Å². The Morgan fingerprint density at radius 3 is 3.00 bits per heavy atom. The van der Waals surface area contributed by atoms with Crippen LogP contribution in [-0.2, 0) is 4.79 Å². The largest absolute Gasteiger partial charge is 0.480 e. The molecule has 0 bridgehead atoms. The molecule has 2 rings (SSSR count). The molecule has 1 heterocycles. The van der Waals surface area contributed by atoms with Crippen LogP contribution in [-0.4, -0.2) is 29.7 Å². The molecule has 2 aliphatic rings. The number of carboxylic acids is 1. The molecular formula is C8H14N2O2. The second-order valence-corrected chi connectivity index (χ2v) is 3.91. The molecule has 68 valence electrons. The lowest BCUT2D eigenvalue weighted by molar-refractivity contribution is -0.144. The number of aliphatic carboxylic acids is 1. The molecule has 12 heavy (non-hydrogen) atoms. The summed E-state index contributed by atoms with van der Waals surface area (Å²) in [5.74, 6) is -0.195. The molecule has 1 saturated carbocycles. The van der Waals surface area contributed by atoms with Crippen molar-refractivity contribution in [1.29, 1.82) is 0 Å². The monoisotopic (exact) mass is 170 g/mol. The number of hydrogen-bond donors (Lipinski definition) is 3. The van der Waals surface area contributed by atoms with Gasteiger partial charge in [-0.05, 0) is 25.3 Å². The van der Waals surface area contributed by atoms with Crippen molar-refractivity contribution in [3.8, 4) is 0 Å². The predicted octanol–water partition coefficient (Wildman–Crippen LogP) is -0.602. The van der Waals surface area contributed by atoms with Crippen LogP contribution >= 0.6 is 0 Å². The molecule has 3 atom stereocenters. The molecule has 0 aromatic heterocycles. The van der Waals surface area contributed by atoms with Crippen LogP contribution in [0.25, 0.3) is 0 Å². The van der Waals surface area contributed by atoms with Crippen molar-refractivity contribution in [2.24, 2.45) is 17.6 Å². The third kappa shape index (κ3) is 0.881. The minimum absolute atomic E-state index is 0.148. The summed E-state index contributed by atoms with van der Waals surface area (Å²) in [6, 6.07) is 0. The van der Waals surface area contributed by atoms with E-state index in [1.807, 2.05) is 0 Å². The summed E-state index contributed by atoms with van der Waals surface area (Å²) in [7, 11) is 0. The van der Waals surface area contributed by atoms with Gasteiger partial charge < -0.3 is 16.2 Å². The summed E-state index contributed by atoms with van der Waals surface area (Å²) in [6.07, 6.45) is 1.60. The number of nitrogens with one attached hydrogen (secondary N) is 1. The Kier molecular flexibility index (Phi) is 1.63. The van der Waals surface area contributed by atoms with Crippen molar-refractivity contribution in [3.63, 3.8) is 0 Å². The number of nitrogens with two attached hydrogens (primary N) is 1. The smallest absolute Gasteiger partial charge is 0.324 e. The first-order valence-electron chi connectivity index (χ1n) is 4.37. The Morgan fingerprint density at radius 1 is 1.58 bits per heavy atom. The van der Waals surface area contributed by atoms with Crippen LogP contribution in [0.4, 0.5) is 0 Å². The molecule has 0 aromatic rings. The molecule has 2 fully saturated rings. The SMILES string of the molecule is N[C@@]1(C(=O)O)CC[C@H]2CNC[C@H]21. The van der Waals surface area contributed by atoms with Gasteiger partial charge in [-0.25, -0.2) is 0 Å². The van der Waals surface area contributed by atoms with E-state index in [1.165, 1.54) is 0 Å². The lowest BCUT2D eigenvalue weighted by atomic mass is 9.86. The summed E-state index contributed by atoms with van der Waals surface area (Å²) in [6.45, 7) is 1.71. The van der Waals surface area contributed by atoms with Crippen LogP contribution in [0.3, 0.4) is 0 Å². The lowest BCUT2D eigenvalue weighted by Gasteiger charge is -2.25. The highest BCUT2D eigenvalue weighted by Crippen LogP contribution is 2.40. The van der Waals surface area contributed by atoms with Gasteiger partial charge in [0.05, 0.1) is 0 Å². The lowest BCUT2D eigenvalue weighted by Crippen LogP contribution is -2.52. The first-order chi connectivity index (χ1) is 5.64. The van der Waals surface area contributed by atoms with E-state index in [9.17, 15) is 4.79 Å². The molecule has 0 aromatic carbocycles. The number of carbonyl (C=O) groups is 1. The Balaban J connectivity index is 2.22. The number of hydrogen-bond acceptors (Lipinski definition) is 3. The fourth-order valence-electron chi connectivity index (χ4n) is 2.51. The maximum absolute atomic E-state index is 10.9. The van der Waals surface area contributed by atoms with Crippen molar-refractivity contribution in [3.05, 3.63) is 0 Å². The van der Waals surface area contributed by atoms with E-state index in [2.05, 4.69) is 5.32 Å². The zero-order valence-electron chi connectivity index (χ0n) is 6.92. The van der Waals surface area contributed by atoms with Gasteiger partial charge in [-0.3, -0.25) is 4.79 Å². The maximum atomic E-state index is 10.9. The zero-order valence-corrected chi connectivity index (χ0v) is 6.92. The van der Waals surface area contributed by atoms with Gasteiger partial charge in [0.25, 0.3) is 0 Å². The fraction of sp³-hybridized carbons (Fsp3) is 0.875. The molecule has 0 unspecified atom stereocenters. The van der Waals surface area contributed by atoms with Crippen molar-refractivity contribution < 1.29 is 9.90 Å². The summed E-state index contributed by atoms with van der Waals surface area (Å²) in [4.78, 5) is 10.9. The van der Waals surface area contributed by atoms with Gasteiger partial charge in [-0.15, -0.1) is 0 Å². The molecular weight excluding hydrogens is 156 g/mol. The molecule has 1 aliphatic carbocycles. The second-order valence-electron chi connectivity index (χ2n) is 3.91. The van der Waals surface area contributed by atoms with Crippen LogP contribution in [0.2, 0.25) is 0 Å². The molecule has 4 N–H and O–H groups in total. The number of rotatable bonds is 1. The average molecular weight is 170 g/mol. The minimum atomic E-state index is -0.950. The highest BCUT2D eigenvalue weighted by molar-refractivity contribution is 5.79. The Hall–Kier alpha value is -0.610. The summed E-state index contributed by atoms with van der Waals surface area (Å²) in [5.41, 5.74) is 4.90. The standard InChI is InChI=1S/C8H14N2O2/c9-8(7(11)12)2-1-5-3-10-4-6(5)8/h5-6,10H,1-4,9H2,(H,11,12)/t5-,6+,8-/m0/s1. The molecule has 1 aliphatic heterocycles. The summed E-state index contributed by atoms with van der Waals surface area (Å²) >= 11 is 0. The molecule has 4 heteroatoms. The van der Waals surface area contributed by atoms with Crippen LogP contribution in [0.15, 0.2) is 0 Å². The van der Waals surface area contributed by atoms with E-state index in [-0.39, 0.29) is 5.92 Å². The normalized spacial score (nSPS) is 46.1. The third-order valence-corrected chi connectivity index (χ3v) is 3.33. The fourth-order valence-corrected chi connectivity index (χ4v) is 2.51.